The van der Waals surface area contributed by atoms with E-state index in [1.807, 2.05) is 25.7 Å². The normalized spacial score (nSPS) is 20.9. The maximum atomic E-state index is 12.7. The monoisotopic (exact) mass is 283 g/mol. The Labute approximate surface area is 122 Å². The smallest absolute Gasteiger partial charge is 0.319 e. The maximum Gasteiger partial charge on any atom is 0.319 e. The number of rotatable bonds is 5. The number of ether oxygens (including phenoxy) is 1. The Morgan fingerprint density at radius 1 is 1.30 bits per heavy atom. The van der Waals surface area contributed by atoms with E-state index >= 15 is 0 Å². The molecule has 0 aromatic carbocycles. The molecule has 1 fully saturated rings. The molecule has 2 atom stereocenters. The van der Waals surface area contributed by atoms with Crippen molar-refractivity contribution in [2.45, 2.75) is 53.9 Å². The summed E-state index contributed by atoms with van der Waals surface area (Å²) in [5.74, 6) is -0.548. The molecule has 1 amide bonds. The summed E-state index contributed by atoms with van der Waals surface area (Å²) in [6.07, 6.45) is 3.36. The first-order chi connectivity index (χ1) is 9.31. The number of hydrogen-bond donors (Lipinski definition) is 0. The average molecular weight is 283 g/mol. The highest BCUT2D eigenvalue weighted by atomic mass is 16.5. The second-order valence-electron chi connectivity index (χ2n) is 6.78. The molecule has 0 N–H and O–H groups in total. The van der Waals surface area contributed by atoms with E-state index in [0.717, 1.165) is 32.4 Å². The van der Waals surface area contributed by atoms with Gasteiger partial charge < -0.3 is 9.64 Å². The zero-order chi connectivity index (χ0) is 15.3. The molecule has 1 heterocycles. The number of carbonyl (C=O) groups excluding carboxylic acids is 2. The van der Waals surface area contributed by atoms with E-state index in [9.17, 15) is 9.59 Å². The summed E-state index contributed by atoms with van der Waals surface area (Å²) >= 11 is 0. The number of esters is 1. The fourth-order valence-corrected chi connectivity index (χ4v) is 2.91. The van der Waals surface area contributed by atoms with Gasteiger partial charge in [-0.3, -0.25) is 9.59 Å². The van der Waals surface area contributed by atoms with Crippen LogP contribution in [0.25, 0.3) is 0 Å². The lowest BCUT2D eigenvalue weighted by atomic mass is 9.79. The third-order valence-corrected chi connectivity index (χ3v) is 3.93. The van der Waals surface area contributed by atoms with Crippen molar-refractivity contribution in [1.29, 1.82) is 0 Å². The van der Waals surface area contributed by atoms with Gasteiger partial charge in [0.25, 0.3) is 0 Å². The van der Waals surface area contributed by atoms with Gasteiger partial charge in [0.05, 0.1) is 6.61 Å². The highest BCUT2D eigenvalue weighted by Gasteiger charge is 2.42. The third kappa shape index (κ3) is 4.22. The molecule has 0 aromatic rings. The SMILES string of the molecule is CCCC1CCN(C(=O)C(C(=O)OCC)C(C)(C)C)C1. The third-order valence-electron chi connectivity index (χ3n) is 3.93. The molecule has 1 saturated heterocycles. The van der Waals surface area contributed by atoms with E-state index in [1.54, 1.807) is 6.92 Å². The van der Waals surface area contributed by atoms with E-state index in [-0.39, 0.29) is 11.9 Å². The number of likely N-dealkylation sites (tertiary alicyclic amines) is 1. The Kier molecular flexibility index (Phi) is 6.03. The molecule has 116 valence electrons. The molecular weight excluding hydrogens is 254 g/mol. The van der Waals surface area contributed by atoms with Crippen LogP contribution in [0.5, 0.6) is 0 Å². The summed E-state index contributed by atoms with van der Waals surface area (Å²) in [6.45, 7) is 11.6. The molecule has 4 nitrogen and oxygen atoms in total. The summed E-state index contributed by atoms with van der Waals surface area (Å²) in [4.78, 5) is 26.7. The molecule has 1 aliphatic heterocycles. The van der Waals surface area contributed by atoms with Gasteiger partial charge in [-0.15, -0.1) is 0 Å². The predicted octanol–water partition coefficient (Wildman–Crippen LogP) is 2.86. The highest BCUT2D eigenvalue weighted by Crippen LogP contribution is 2.31. The van der Waals surface area contributed by atoms with Crippen molar-refractivity contribution in [1.82, 2.24) is 4.90 Å². The minimum Gasteiger partial charge on any atom is -0.465 e. The van der Waals surface area contributed by atoms with Crippen molar-refractivity contribution in [2.24, 2.45) is 17.3 Å². The van der Waals surface area contributed by atoms with Gasteiger partial charge in [-0.05, 0) is 31.1 Å². The Bertz CT molecular complexity index is 346. The van der Waals surface area contributed by atoms with Crippen LogP contribution in [0.15, 0.2) is 0 Å². The molecule has 20 heavy (non-hydrogen) atoms. The second kappa shape index (κ2) is 7.09. The molecule has 0 spiro atoms. The Hall–Kier alpha value is -1.06. The first kappa shape index (κ1) is 17.0. The lowest BCUT2D eigenvalue weighted by Gasteiger charge is -2.31. The molecule has 1 aliphatic rings. The largest absolute Gasteiger partial charge is 0.465 e. The summed E-state index contributed by atoms with van der Waals surface area (Å²) in [5.41, 5.74) is -0.411. The molecule has 4 heteroatoms. The number of nitrogens with zero attached hydrogens (tertiary/aromatic N) is 1. The van der Waals surface area contributed by atoms with Gasteiger partial charge >= 0.3 is 5.97 Å². The first-order valence-electron chi connectivity index (χ1n) is 7.76. The molecule has 0 saturated carbocycles. The van der Waals surface area contributed by atoms with Gasteiger partial charge in [-0.25, -0.2) is 0 Å². The summed E-state index contributed by atoms with van der Waals surface area (Å²) in [7, 11) is 0. The number of amides is 1. The summed E-state index contributed by atoms with van der Waals surface area (Å²) in [5, 5.41) is 0. The number of hydrogen-bond acceptors (Lipinski definition) is 3. The van der Waals surface area contributed by atoms with Crippen molar-refractivity contribution in [3.05, 3.63) is 0 Å². The number of carbonyl (C=O) groups is 2. The molecule has 2 unspecified atom stereocenters. The molecule has 0 radical (unpaired) electrons. The van der Waals surface area contributed by atoms with Gasteiger partial charge in [0.1, 0.15) is 5.92 Å². The van der Waals surface area contributed by atoms with Gasteiger partial charge in [0.15, 0.2) is 0 Å². The van der Waals surface area contributed by atoms with Crippen LogP contribution >= 0.6 is 0 Å². The Balaban J connectivity index is 2.77. The zero-order valence-electron chi connectivity index (χ0n) is 13.6. The van der Waals surface area contributed by atoms with Crippen molar-refractivity contribution in [3.8, 4) is 0 Å². The summed E-state index contributed by atoms with van der Waals surface area (Å²) in [6, 6.07) is 0. The fourth-order valence-electron chi connectivity index (χ4n) is 2.91. The molecule has 0 aliphatic carbocycles. The van der Waals surface area contributed by atoms with E-state index in [0.29, 0.717) is 12.5 Å². The standard InChI is InChI=1S/C16H29NO3/c1-6-8-12-9-10-17(11-12)14(18)13(16(3,4)5)15(19)20-7-2/h12-13H,6-11H2,1-5H3. The van der Waals surface area contributed by atoms with Crippen LogP contribution in [0.2, 0.25) is 0 Å². The lowest BCUT2D eigenvalue weighted by molar-refractivity contribution is -0.160. The first-order valence-corrected chi connectivity index (χ1v) is 7.76. The van der Waals surface area contributed by atoms with Crippen molar-refractivity contribution >= 4 is 11.9 Å². The quantitative estimate of drug-likeness (QED) is 0.576. The highest BCUT2D eigenvalue weighted by molar-refractivity contribution is 5.98. The van der Waals surface area contributed by atoms with Gasteiger partial charge in [0, 0.05) is 13.1 Å². The Morgan fingerprint density at radius 3 is 2.45 bits per heavy atom. The van der Waals surface area contributed by atoms with Crippen LogP contribution in [0, 0.1) is 17.3 Å². The molecule has 1 rings (SSSR count). The van der Waals surface area contributed by atoms with Crippen molar-refractivity contribution in [3.63, 3.8) is 0 Å². The molecular formula is C16H29NO3. The average Bonchev–Trinajstić information content (AvgIpc) is 2.76. The van der Waals surface area contributed by atoms with Crippen LogP contribution in [-0.4, -0.2) is 36.5 Å². The van der Waals surface area contributed by atoms with Crippen molar-refractivity contribution < 1.29 is 14.3 Å². The summed E-state index contributed by atoms with van der Waals surface area (Å²) < 4.78 is 5.10. The minimum absolute atomic E-state index is 0.0606. The van der Waals surface area contributed by atoms with Crippen LogP contribution in [-0.2, 0) is 14.3 Å². The van der Waals surface area contributed by atoms with Gasteiger partial charge in [0.2, 0.25) is 5.91 Å². The van der Waals surface area contributed by atoms with E-state index < -0.39 is 11.3 Å². The zero-order valence-corrected chi connectivity index (χ0v) is 13.6. The van der Waals surface area contributed by atoms with Crippen LogP contribution in [0.4, 0.5) is 0 Å². The van der Waals surface area contributed by atoms with E-state index in [4.69, 9.17) is 4.74 Å². The fraction of sp³-hybridized carbons (Fsp3) is 0.875. The van der Waals surface area contributed by atoms with E-state index in [2.05, 4.69) is 6.92 Å². The van der Waals surface area contributed by atoms with E-state index in [1.165, 1.54) is 0 Å². The van der Waals surface area contributed by atoms with Crippen LogP contribution < -0.4 is 0 Å². The van der Waals surface area contributed by atoms with Crippen LogP contribution in [0.3, 0.4) is 0 Å². The predicted molar refractivity (Wildman–Crippen MR) is 79.2 cm³/mol. The Morgan fingerprint density at radius 2 is 1.95 bits per heavy atom. The van der Waals surface area contributed by atoms with Gasteiger partial charge in [-0.2, -0.15) is 0 Å². The van der Waals surface area contributed by atoms with Gasteiger partial charge in [-0.1, -0.05) is 34.1 Å². The minimum atomic E-state index is -0.692. The topological polar surface area (TPSA) is 46.6 Å². The van der Waals surface area contributed by atoms with Crippen LogP contribution in [0.1, 0.15) is 53.9 Å². The maximum absolute atomic E-state index is 12.7. The molecule has 0 bridgehead atoms. The second-order valence-corrected chi connectivity index (χ2v) is 6.78. The lowest BCUT2D eigenvalue weighted by Crippen LogP contribution is -2.45. The van der Waals surface area contributed by atoms with Crippen molar-refractivity contribution in [2.75, 3.05) is 19.7 Å². The molecule has 0 aromatic heterocycles.